The molecule has 0 aliphatic carbocycles. The number of para-hydroxylation sites is 1. The first kappa shape index (κ1) is 19.3. The minimum atomic E-state index is -1.15. The van der Waals surface area contributed by atoms with Crippen molar-refractivity contribution in [3.8, 4) is 0 Å². The van der Waals surface area contributed by atoms with E-state index >= 15 is 0 Å². The molecule has 4 rings (SSSR count). The van der Waals surface area contributed by atoms with Crippen molar-refractivity contribution in [3.05, 3.63) is 71.5 Å². The molecular weight excluding hydrogens is 382 g/mol. The van der Waals surface area contributed by atoms with Crippen molar-refractivity contribution in [2.75, 3.05) is 11.1 Å². The molecule has 0 bridgehead atoms. The molecule has 152 valence electrons. The molecule has 1 fully saturated rings. The number of aryl methyl sites for hydroxylation is 1. The number of amides is 3. The van der Waals surface area contributed by atoms with Crippen LogP contribution in [0, 0.1) is 6.92 Å². The molecule has 30 heavy (non-hydrogen) atoms. The topological polar surface area (TPSA) is 126 Å². The van der Waals surface area contributed by atoms with Crippen LogP contribution >= 0.6 is 0 Å². The molecule has 2 heterocycles. The average molecular weight is 403 g/mol. The summed E-state index contributed by atoms with van der Waals surface area (Å²) >= 11 is 0. The molecule has 9 nitrogen and oxygen atoms in total. The van der Waals surface area contributed by atoms with E-state index in [4.69, 9.17) is 5.73 Å². The van der Waals surface area contributed by atoms with Crippen LogP contribution in [0.3, 0.4) is 0 Å². The van der Waals surface area contributed by atoms with E-state index in [-0.39, 0.29) is 30.2 Å². The predicted molar refractivity (Wildman–Crippen MR) is 112 cm³/mol. The summed E-state index contributed by atoms with van der Waals surface area (Å²) in [5, 5.41) is 5.86. The summed E-state index contributed by atoms with van der Waals surface area (Å²) in [6, 6.07) is 16.2. The first-order valence-electron chi connectivity index (χ1n) is 9.39. The van der Waals surface area contributed by atoms with Gasteiger partial charge in [0.1, 0.15) is 5.54 Å². The predicted octanol–water partition coefficient (Wildman–Crippen LogP) is 2.47. The number of carbonyl (C=O) groups excluding carboxylic acids is 2. The Morgan fingerprint density at radius 1 is 1.03 bits per heavy atom. The largest absolute Gasteiger partial charge is 0.368 e. The smallest absolute Gasteiger partial charge is 0.325 e. The molecule has 4 N–H and O–H groups in total. The van der Waals surface area contributed by atoms with E-state index in [1.807, 2.05) is 49.4 Å². The summed E-state index contributed by atoms with van der Waals surface area (Å²) in [6.07, 6.45) is 0. The number of hydrogen-bond acceptors (Lipinski definition) is 7. The van der Waals surface area contributed by atoms with Gasteiger partial charge in [0.25, 0.3) is 5.91 Å². The summed E-state index contributed by atoms with van der Waals surface area (Å²) in [7, 11) is 0. The van der Waals surface area contributed by atoms with Gasteiger partial charge in [0.05, 0.1) is 6.54 Å². The van der Waals surface area contributed by atoms with E-state index < -0.39 is 11.6 Å². The molecule has 1 saturated heterocycles. The minimum Gasteiger partial charge on any atom is -0.368 e. The number of carbonyl (C=O) groups is 2. The zero-order valence-corrected chi connectivity index (χ0v) is 16.6. The Labute approximate surface area is 173 Å². The maximum Gasteiger partial charge on any atom is 0.325 e. The van der Waals surface area contributed by atoms with Crippen LogP contribution in [-0.4, -0.2) is 31.8 Å². The number of hydrogen-bond donors (Lipinski definition) is 3. The molecule has 0 saturated carbocycles. The third-order valence-corrected chi connectivity index (χ3v) is 5.02. The Morgan fingerprint density at radius 2 is 1.73 bits per heavy atom. The lowest BCUT2D eigenvalue weighted by atomic mass is 9.92. The highest BCUT2D eigenvalue weighted by Gasteiger charge is 2.49. The Bertz CT molecular complexity index is 1120. The number of benzene rings is 2. The van der Waals surface area contributed by atoms with Crippen molar-refractivity contribution in [1.82, 2.24) is 25.2 Å². The van der Waals surface area contributed by atoms with Crippen molar-refractivity contribution in [3.63, 3.8) is 0 Å². The maximum absolute atomic E-state index is 13.1. The van der Waals surface area contributed by atoms with Gasteiger partial charge in [0, 0.05) is 5.69 Å². The van der Waals surface area contributed by atoms with Gasteiger partial charge in [-0.3, -0.25) is 9.69 Å². The summed E-state index contributed by atoms with van der Waals surface area (Å²) in [4.78, 5) is 39.2. The molecule has 1 atom stereocenters. The van der Waals surface area contributed by atoms with Gasteiger partial charge < -0.3 is 16.4 Å². The zero-order chi connectivity index (χ0) is 21.3. The highest BCUT2D eigenvalue weighted by molar-refractivity contribution is 6.07. The van der Waals surface area contributed by atoms with Crippen molar-refractivity contribution >= 4 is 29.5 Å². The van der Waals surface area contributed by atoms with E-state index in [0.717, 1.165) is 16.2 Å². The van der Waals surface area contributed by atoms with Crippen molar-refractivity contribution < 1.29 is 9.59 Å². The van der Waals surface area contributed by atoms with Crippen LogP contribution in [0.25, 0.3) is 0 Å². The van der Waals surface area contributed by atoms with Gasteiger partial charge in [-0.05, 0) is 31.0 Å². The monoisotopic (exact) mass is 403 g/mol. The van der Waals surface area contributed by atoms with E-state index in [2.05, 4.69) is 25.6 Å². The third kappa shape index (κ3) is 3.52. The first-order valence-corrected chi connectivity index (χ1v) is 9.39. The number of nitrogen functional groups attached to an aromatic ring is 1. The molecule has 3 amide bonds. The van der Waals surface area contributed by atoms with Crippen molar-refractivity contribution in [2.45, 2.75) is 25.9 Å². The second-order valence-electron chi connectivity index (χ2n) is 7.19. The number of urea groups is 1. The van der Waals surface area contributed by atoms with Crippen molar-refractivity contribution in [2.24, 2.45) is 0 Å². The number of nitrogens with zero attached hydrogens (tertiary/aromatic N) is 4. The zero-order valence-electron chi connectivity index (χ0n) is 16.6. The molecule has 0 spiro atoms. The second-order valence-corrected chi connectivity index (χ2v) is 7.19. The summed E-state index contributed by atoms with van der Waals surface area (Å²) in [5.41, 5.74) is 7.20. The molecule has 0 radical (unpaired) electrons. The maximum atomic E-state index is 13.1. The highest BCUT2D eigenvalue weighted by atomic mass is 16.2. The molecule has 1 aromatic heterocycles. The van der Waals surface area contributed by atoms with Gasteiger partial charge in [-0.1, -0.05) is 48.5 Å². The molecule has 1 aliphatic rings. The van der Waals surface area contributed by atoms with Crippen LogP contribution in [0.15, 0.2) is 54.6 Å². The second kappa shape index (κ2) is 7.43. The Morgan fingerprint density at radius 3 is 2.47 bits per heavy atom. The lowest BCUT2D eigenvalue weighted by Crippen LogP contribution is -2.40. The first-order chi connectivity index (χ1) is 14.4. The van der Waals surface area contributed by atoms with Crippen LogP contribution in [-0.2, 0) is 16.9 Å². The number of imide groups is 1. The standard InChI is InChI=1S/C21H21N7O2/c1-13-8-6-7-11-15(13)23-19-25-16(24-18(22)26-19)12-28-17(29)21(2,27-20(28)30)14-9-4-3-5-10-14/h3-11H,12H2,1-2H3,(H,27,30)(H3,22,23,24,25,26)/t21-/m0/s1. The molecule has 9 heteroatoms. The van der Waals surface area contributed by atoms with Gasteiger partial charge in [-0.2, -0.15) is 15.0 Å². The fraction of sp³-hybridized carbons (Fsp3) is 0.190. The Balaban J connectivity index is 1.58. The average Bonchev–Trinajstić information content (AvgIpc) is 2.94. The normalized spacial score (nSPS) is 18.4. The molecule has 3 aromatic rings. The number of aromatic nitrogens is 3. The highest BCUT2D eigenvalue weighted by Crippen LogP contribution is 2.29. The number of nitrogens with one attached hydrogen (secondary N) is 2. The van der Waals surface area contributed by atoms with Gasteiger partial charge in [-0.15, -0.1) is 0 Å². The van der Waals surface area contributed by atoms with E-state index in [0.29, 0.717) is 5.56 Å². The van der Waals surface area contributed by atoms with Crippen molar-refractivity contribution in [1.29, 1.82) is 0 Å². The Kier molecular flexibility index (Phi) is 4.78. The van der Waals surface area contributed by atoms with E-state index in [1.54, 1.807) is 19.1 Å². The Hall–Kier alpha value is -4.01. The number of anilines is 3. The molecule has 0 unspecified atom stereocenters. The lowest BCUT2D eigenvalue weighted by Gasteiger charge is -2.22. The molecule has 1 aliphatic heterocycles. The molecular formula is C21H21N7O2. The quantitative estimate of drug-likeness (QED) is 0.559. The van der Waals surface area contributed by atoms with Crippen LogP contribution in [0.5, 0.6) is 0 Å². The van der Waals surface area contributed by atoms with E-state index in [1.165, 1.54) is 0 Å². The number of nitrogens with two attached hydrogens (primary N) is 1. The summed E-state index contributed by atoms with van der Waals surface area (Å²) in [5.74, 6) is 0.0594. The van der Waals surface area contributed by atoms with Crippen LogP contribution < -0.4 is 16.4 Å². The van der Waals surface area contributed by atoms with Gasteiger partial charge in [0.15, 0.2) is 5.82 Å². The minimum absolute atomic E-state index is 0.00559. The van der Waals surface area contributed by atoms with E-state index in [9.17, 15) is 9.59 Å². The van der Waals surface area contributed by atoms with Gasteiger partial charge >= 0.3 is 6.03 Å². The van der Waals surface area contributed by atoms with Crippen LogP contribution in [0.1, 0.15) is 23.9 Å². The van der Waals surface area contributed by atoms with Gasteiger partial charge in [-0.25, -0.2) is 4.79 Å². The SMILES string of the molecule is Cc1ccccc1Nc1nc(N)nc(CN2C(=O)N[C@@](C)(c3ccccc3)C2=O)n1. The van der Waals surface area contributed by atoms with Crippen LogP contribution in [0.2, 0.25) is 0 Å². The fourth-order valence-electron chi connectivity index (χ4n) is 3.35. The molecule has 2 aromatic carbocycles. The lowest BCUT2D eigenvalue weighted by molar-refractivity contribution is -0.131. The number of rotatable bonds is 5. The third-order valence-electron chi connectivity index (χ3n) is 5.02. The van der Waals surface area contributed by atoms with Gasteiger partial charge in [0.2, 0.25) is 11.9 Å². The van der Waals surface area contributed by atoms with Crippen LogP contribution in [0.4, 0.5) is 22.4 Å². The fourth-order valence-corrected chi connectivity index (χ4v) is 3.35. The summed E-state index contributed by atoms with van der Waals surface area (Å²) in [6.45, 7) is 3.50. The summed E-state index contributed by atoms with van der Waals surface area (Å²) < 4.78 is 0.